The molecule has 0 bridgehead atoms. The molecule has 6 heteroatoms. The van der Waals surface area contributed by atoms with Crippen LogP contribution in [0, 0.1) is 0 Å². The molecular formula is C23H21N3O3. The third kappa shape index (κ3) is 4.12. The molecule has 1 aliphatic carbocycles. The molecule has 0 heterocycles. The van der Waals surface area contributed by atoms with E-state index in [-0.39, 0.29) is 17.5 Å². The third-order valence-electron chi connectivity index (χ3n) is 5.03. The van der Waals surface area contributed by atoms with Gasteiger partial charge < -0.3 is 15.9 Å². The molecule has 4 rings (SSSR count). The number of nitrogens with one attached hydrogen (secondary N) is 1. The maximum absolute atomic E-state index is 12.1. The van der Waals surface area contributed by atoms with Crippen LogP contribution in [0.5, 0.6) is 11.5 Å². The van der Waals surface area contributed by atoms with Gasteiger partial charge >= 0.3 is 0 Å². The summed E-state index contributed by atoms with van der Waals surface area (Å²) in [5.41, 5.74) is 12.0. The summed E-state index contributed by atoms with van der Waals surface area (Å²) in [6.07, 6.45) is 2.39. The van der Waals surface area contributed by atoms with Gasteiger partial charge in [0.25, 0.3) is 5.91 Å². The fraction of sp³-hybridized carbons (Fsp3) is 0.130. The number of carbonyl (C=O) groups excluding carboxylic acids is 1. The number of nitrogens with zero attached hydrogens (tertiary/aromatic N) is 1. The Labute approximate surface area is 168 Å². The number of rotatable bonds is 5. The average molecular weight is 387 g/mol. The highest BCUT2D eigenvalue weighted by molar-refractivity contribution is 5.95. The summed E-state index contributed by atoms with van der Waals surface area (Å²) >= 11 is 0. The standard InChI is InChI=1S/C23H21N3O3/c24-21-12-20(21)16-4-1-3-15(11-16)19-6-2-5-17(22(19)28)13-25-26-23(29)14-7-9-18(27)10-8-14/h1-11,13,20-21,27-28H,12,24H2,(H,26,29)/b25-13+/t20?,21-/m1/s1. The van der Waals surface area contributed by atoms with Gasteiger partial charge in [-0.3, -0.25) is 4.79 Å². The van der Waals surface area contributed by atoms with Crippen LogP contribution in [0.25, 0.3) is 11.1 Å². The first-order valence-corrected chi connectivity index (χ1v) is 9.33. The highest BCUT2D eigenvalue weighted by Gasteiger charge is 2.34. The number of hydrazone groups is 1. The van der Waals surface area contributed by atoms with E-state index in [1.165, 1.54) is 36.0 Å². The van der Waals surface area contributed by atoms with Gasteiger partial charge in [0, 0.05) is 28.7 Å². The molecule has 0 spiro atoms. The molecule has 0 saturated heterocycles. The van der Waals surface area contributed by atoms with Gasteiger partial charge in [0.05, 0.1) is 6.21 Å². The Kier molecular flexibility index (Phi) is 5.01. The summed E-state index contributed by atoms with van der Waals surface area (Å²) in [7, 11) is 0. The van der Waals surface area contributed by atoms with Gasteiger partial charge in [0.1, 0.15) is 11.5 Å². The van der Waals surface area contributed by atoms with E-state index in [1.807, 2.05) is 24.3 Å². The second-order valence-electron chi connectivity index (χ2n) is 7.12. The van der Waals surface area contributed by atoms with Gasteiger partial charge in [-0.15, -0.1) is 0 Å². The van der Waals surface area contributed by atoms with Crippen LogP contribution in [-0.4, -0.2) is 28.4 Å². The lowest BCUT2D eigenvalue weighted by atomic mass is 9.98. The number of benzene rings is 3. The molecule has 1 saturated carbocycles. The zero-order valence-electron chi connectivity index (χ0n) is 15.6. The fourth-order valence-electron chi connectivity index (χ4n) is 3.27. The quantitative estimate of drug-likeness (QED) is 0.398. The summed E-state index contributed by atoms with van der Waals surface area (Å²) < 4.78 is 0. The number of aromatic hydroxyl groups is 2. The largest absolute Gasteiger partial charge is 0.508 e. The molecule has 2 atom stereocenters. The topological polar surface area (TPSA) is 108 Å². The van der Waals surface area contributed by atoms with E-state index in [0.29, 0.717) is 22.6 Å². The lowest BCUT2D eigenvalue weighted by molar-refractivity contribution is 0.0955. The van der Waals surface area contributed by atoms with Gasteiger partial charge in [0.2, 0.25) is 0 Å². The Balaban J connectivity index is 1.51. The van der Waals surface area contributed by atoms with E-state index in [1.54, 1.807) is 6.07 Å². The van der Waals surface area contributed by atoms with Crippen molar-refractivity contribution in [3.63, 3.8) is 0 Å². The molecule has 1 unspecified atom stereocenters. The van der Waals surface area contributed by atoms with Crippen LogP contribution in [0.4, 0.5) is 0 Å². The summed E-state index contributed by atoms with van der Waals surface area (Å²) in [5, 5.41) is 23.9. The summed E-state index contributed by atoms with van der Waals surface area (Å²) in [6.45, 7) is 0. The van der Waals surface area contributed by atoms with Crippen molar-refractivity contribution in [2.45, 2.75) is 18.4 Å². The lowest BCUT2D eigenvalue weighted by Gasteiger charge is -2.09. The molecule has 0 radical (unpaired) electrons. The van der Waals surface area contributed by atoms with E-state index in [0.717, 1.165) is 12.0 Å². The maximum atomic E-state index is 12.1. The van der Waals surface area contributed by atoms with Crippen LogP contribution in [-0.2, 0) is 0 Å². The van der Waals surface area contributed by atoms with Crippen LogP contribution in [0.3, 0.4) is 0 Å². The highest BCUT2D eigenvalue weighted by atomic mass is 16.3. The minimum atomic E-state index is -0.412. The van der Waals surface area contributed by atoms with Gasteiger partial charge in [-0.2, -0.15) is 5.10 Å². The van der Waals surface area contributed by atoms with Gasteiger partial charge in [-0.05, 0) is 47.9 Å². The number of nitrogens with two attached hydrogens (primary N) is 1. The Morgan fingerprint density at radius 3 is 2.52 bits per heavy atom. The van der Waals surface area contributed by atoms with Crippen molar-refractivity contribution >= 4 is 12.1 Å². The first-order valence-electron chi connectivity index (χ1n) is 9.33. The van der Waals surface area contributed by atoms with E-state index >= 15 is 0 Å². The van der Waals surface area contributed by atoms with Gasteiger partial charge in [-0.25, -0.2) is 5.43 Å². The number of phenolic OH excluding ortho intramolecular Hbond substituents is 2. The van der Waals surface area contributed by atoms with E-state index in [9.17, 15) is 15.0 Å². The average Bonchev–Trinajstić information content (AvgIpc) is 3.46. The Morgan fingerprint density at radius 1 is 1.07 bits per heavy atom. The molecule has 3 aromatic rings. The first kappa shape index (κ1) is 18.7. The normalized spacial score (nSPS) is 18.0. The van der Waals surface area contributed by atoms with Crippen molar-refractivity contribution in [3.8, 4) is 22.6 Å². The smallest absolute Gasteiger partial charge is 0.271 e. The van der Waals surface area contributed by atoms with Crippen molar-refractivity contribution in [3.05, 3.63) is 83.4 Å². The summed E-state index contributed by atoms with van der Waals surface area (Å²) in [6, 6.07) is 19.5. The van der Waals surface area contributed by atoms with Gasteiger partial charge in [-0.1, -0.05) is 36.4 Å². The van der Waals surface area contributed by atoms with Crippen molar-refractivity contribution in [2.24, 2.45) is 10.8 Å². The molecular weight excluding hydrogens is 366 g/mol. The van der Waals surface area contributed by atoms with Crippen LogP contribution in [0.15, 0.2) is 71.8 Å². The molecule has 0 aromatic heterocycles. The monoisotopic (exact) mass is 387 g/mol. The first-order chi connectivity index (χ1) is 14.0. The molecule has 146 valence electrons. The number of hydrogen-bond acceptors (Lipinski definition) is 5. The van der Waals surface area contributed by atoms with Crippen LogP contribution < -0.4 is 11.2 Å². The molecule has 1 aliphatic rings. The molecule has 3 aromatic carbocycles. The molecule has 5 N–H and O–H groups in total. The predicted octanol–water partition coefficient (Wildman–Crippen LogP) is 3.34. The minimum Gasteiger partial charge on any atom is -0.508 e. The Hall–Kier alpha value is -3.64. The SMILES string of the molecule is N[C@@H]1CC1c1cccc(-c2cccc(/C=N/NC(=O)c3ccc(O)cc3)c2O)c1. The summed E-state index contributed by atoms with van der Waals surface area (Å²) in [4.78, 5) is 12.1. The number of amides is 1. The zero-order valence-corrected chi connectivity index (χ0v) is 15.6. The van der Waals surface area contributed by atoms with Crippen LogP contribution >= 0.6 is 0 Å². The Morgan fingerprint density at radius 2 is 1.79 bits per heavy atom. The maximum Gasteiger partial charge on any atom is 0.271 e. The van der Waals surface area contributed by atoms with Crippen molar-refractivity contribution < 1.29 is 15.0 Å². The zero-order chi connectivity index (χ0) is 20.4. The van der Waals surface area contributed by atoms with Crippen molar-refractivity contribution in [2.75, 3.05) is 0 Å². The van der Waals surface area contributed by atoms with E-state index < -0.39 is 5.91 Å². The van der Waals surface area contributed by atoms with E-state index in [4.69, 9.17) is 5.73 Å². The van der Waals surface area contributed by atoms with Crippen molar-refractivity contribution in [1.82, 2.24) is 5.43 Å². The molecule has 6 nitrogen and oxygen atoms in total. The summed E-state index contributed by atoms with van der Waals surface area (Å²) in [5.74, 6) is 0.147. The fourth-order valence-corrected chi connectivity index (χ4v) is 3.27. The molecule has 1 amide bonds. The minimum absolute atomic E-state index is 0.0829. The Bertz CT molecular complexity index is 1080. The lowest BCUT2D eigenvalue weighted by Crippen LogP contribution is -2.17. The third-order valence-corrected chi connectivity index (χ3v) is 5.03. The number of para-hydroxylation sites is 1. The number of hydrogen-bond donors (Lipinski definition) is 4. The second-order valence-corrected chi connectivity index (χ2v) is 7.12. The van der Waals surface area contributed by atoms with Gasteiger partial charge in [0.15, 0.2) is 0 Å². The number of carbonyl (C=O) groups is 1. The van der Waals surface area contributed by atoms with E-state index in [2.05, 4.69) is 22.7 Å². The molecule has 0 aliphatic heterocycles. The predicted molar refractivity (Wildman–Crippen MR) is 112 cm³/mol. The highest BCUT2D eigenvalue weighted by Crippen LogP contribution is 2.41. The van der Waals surface area contributed by atoms with Crippen LogP contribution in [0.2, 0.25) is 0 Å². The molecule has 1 fully saturated rings. The number of phenols is 2. The van der Waals surface area contributed by atoms with Crippen molar-refractivity contribution in [1.29, 1.82) is 0 Å². The van der Waals surface area contributed by atoms with Crippen LogP contribution in [0.1, 0.15) is 33.8 Å². The second kappa shape index (κ2) is 7.77. The molecule has 29 heavy (non-hydrogen) atoms.